The number of hydrogen-bond acceptors (Lipinski definition) is 2. The number of methoxy groups -OCH3 is 2. The molecule has 104 valence electrons. The fourth-order valence-corrected chi connectivity index (χ4v) is 2.85. The monoisotopic (exact) mass is 244 g/mol. The molecule has 0 saturated heterocycles. The van der Waals surface area contributed by atoms with Crippen LogP contribution < -0.4 is 0 Å². The fraction of sp³-hybridized carbons (Fsp3) is 1.00. The van der Waals surface area contributed by atoms with Gasteiger partial charge in [-0.05, 0) is 23.7 Å². The molecular formula is C15H32O2. The number of rotatable bonds is 8. The van der Waals surface area contributed by atoms with Gasteiger partial charge in [0.25, 0.3) is 0 Å². The smallest absolute Gasteiger partial charge is 0.0546 e. The lowest BCUT2D eigenvalue weighted by Crippen LogP contribution is -2.47. The van der Waals surface area contributed by atoms with Crippen LogP contribution in [0.5, 0.6) is 0 Å². The minimum atomic E-state index is 0.117. The summed E-state index contributed by atoms with van der Waals surface area (Å²) in [6, 6.07) is 0. The first-order valence-electron chi connectivity index (χ1n) is 6.81. The highest BCUT2D eigenvalue weighted by Crippen LogP contribution is 2.43. The van der Waals surface area contributed by atoms with Gasteiger partial charge in [-0.2, -0.15) is 0 Å². The maximum atomic E-state index is 5.52. The molecule has 2 heteroatoms. The Kier molecular flexibility index (Phi) is 7.34. The van der Waals surface area contributed by atoms with Crippen LogP contribution in [0.25, 0.3) is 0 Å². The molecule has 0 aliphatic carbocycles. The molecule has 0 rings (SSSR count). The second kappa shape index (κ2) is 7.38. The topological polar surface area (TPSA) is 18.5 Å². The third-order valence-corrected chi connectivity index (χ3v) is 4.64. The highest BCUT2D eigenvalue weighted by molar-refractivity contribution is 4.91. The first kappa shape index (κ1) is 16.9. The molecule has 2 unspecified atom stereocenters. The van der Waals surface area contributed by atoms with Crippen molar-refractivity contribution in [1.82, 2.24) is 0 Å². The summed E-state index contributed by atoms with van der Waals surface area (Å²) in [4.78, 5) is 0. The van der Waals surface area contributed by atoms with Crippen molar-refractivity contribution in [2.75, 3.05) is 27.4 Å². The first-order valence-corrected chi connectivity index (χ1v) is 6.81. The standard InChI is InChI=1S/C15H32O2/c1-11(2)13(5)15(9-16-7,10-17-8)14(6)12(3)4/h11-14H,9-10H2,1-8H3. The van der Waals surface area contributed by atoms with Crippen LogP contribution in [0.3, 0.4) is 0 Å². The SMILES string of the molecule is COCC(COC)(C(C)C(C)C)C(C)C(C)C. The zero-order chi connectivity index (χ0) is 13.6. The van der Waals surface area contributed by atoms with E-state index in [2.05, 4.69) is 41.5 Å². The first-order chi connectivity index (χ1) is 7.83. The molecule has 0 aromatic carbocycles. The average Bonchev–Trinajstić information content (AvgIpc) is 2.26. The molecule has 0 aromatic rings. The summed E-state index contributed by atoms with van der Waals surface area (Å²) in [5, 5.41) is 0. The van der Waals surface area contributed by atoms with Gasteiger partial charge in [0.05, 0.1) is 13.2 Å². The molecule has 0 aliphatic rings. The van der Waals surface area contributed by atoms with Crippen LogP contribution >= 0.6 is 0 Å². The van der Waals surface area contributed by atoms with E-state index in [0.29, 0.717) is 23.7 Å². The highest BCUT2D eigenvalue weighted by Gasteiger charge is 2.43. The van der Waals surface area contributed by atoms with E-state index < -0.39 is 0 Å². The van der Waals surface area contributed by atoms with Crippen LogP contribution in [0.4, 0.5) is 0 Å². The Morgan fingerprint density at radius 1 is 0.706 bits per heavy atom. The third kappa shape index (κ3) is 3.96. The van der Waals surface area contributed by atoms with Gasteiger partial charge in [0, 0.05) is 19.6 Å². The van der Waals surface area contributed by atoms with Crippen molar-refractivity contribution in [2.45, 2.75) is 41.5 Å². The van der Waals surface area contributed by atoms with Crippen LogP contribution in [0, 0.1) is 29.1 Å². The van der Waals surface area contributed by atoms with Gasteiger partial charge in [-0.1, -0.05) is 41.5 Å². The summed E-state index contributed by atoms with van der Waals surface area (Å²) in [5.74, 6) is 2.45. The maximum Gasteiger partial charge on any atom is 0.0546 e. The molecular weight excluding hydrogens is 212 g/mol. The van der Waals surface area contributed by atoms with Crippen LogP contribution in [-0.4, -0.2) is 27.4 Å². The van der Waals surface area contributed by atoms with Gasteiger partial charge < -0.3 is 9.47 Å². The maximum absolute atomic E-state index is 5.52. The van der Waals surface area contributed by atoms with Gasteiger partial charge in [-0.3, -0.25) is 0 Å². The Labute approximate surface area is 108 Å². The highest BCUT2D eigenvalue weighted by atomic mass is 16.5. The molecule has 2 atom stereocenters. The Morgan fingerprint density at radius 2 is 1.00 bits per heavy atom. The normalized spacial score (nSPS) is 16.6. The molecule has 0 saturated carbocycles. The van der Waals surface area contributed by atoms with E-state index in [-0.39, 0.29) is 5.41 Å². The van der Waals surface area contributed by atoms with E-state index in [1.807, 2.05) is 0 Å². The molecule has 0 amide bonds. The summed E-state index contributed by atoms with van der Waals surface area (Å²) in [6.07, 6.45) is 0. The molecule has 0 fully saturated rings. The fourth-order valence-electron chi connectivity index (χ4n) is 2.85. The van der Waals surface area contributed by atoms with E-state index >= 15 is 0 Å². The van der Waals surface area contributed by atoms with E-state index in [1.165, 1.54) is 0 Å². The summed E-state index contributed by atoms with van der Waals surface area (Å²) < 4.78 is 11.0. The second-order valence-electron chi connectivity index (χ2n) is 6.16. The van der Waals surface area contributed by atoms with Crippen molar-refractivity contribution >= 4 is 0 Å². The van der Waals surface area contributed by atoms with Crippen LogP contribution in [0.2, 0.25) is 0 Å². The summed E-state index contributed by atoms with van der Waals surface area (Å²) in [5.41, 5.74) is 0.117. The quantitative estimate of drug-likeness (QED) is 0.645. The van der Waals surface area contributed by atoms with Gasteiger partial charge in [0.2, 0.25) is 0 Å². The number of hydrogen-bond donors (Lipinski definition) is 0. The Morgan fingerprint density at radius 3 is 1.18 bits per heavy atom. The Hall–Kier alpha value is -0.0800. The minimum absolute atomic E-state index is 0.117. The zero-order valence-corrected chi connectivity index (χ0v) is 13.0. The Bertz CT molecular complexity index is 177. The lowest BCUT2D eigenvalue weighted by molar-refractivity contribution is -0.0846. The molecule has 0 heterocycles. The summed E-state index contributed by atoms with van der Waals surface area (Å²) >= 11 is 0. The molecule has 0 N–H and O–H groups in total. The molecule has 0 spiro atoms. The van der Waals surface area contributed by atoms with E-state index in [0.717, 1.165) is 13.2 Å². The largest absolute Gasteiger partial charge is 0.384 e. The van der Waals surface area contributed by atoms with E-state index in [1.54, 1.807) is 14.2 Å². The van der Waals surface area contributed by atoms with Gasteiger partial charge in [-0.25, -0.2) is 0 Å². The molecule has 0 radical (unpaired) electrons. The predicted octanol–water partition coefficient (Wildman–Crippen LogP) is 3.85. The lowest BCUT2D eigenvalue weighted by Gasteiger charge is -2.46. The van der Waals surface area contributed by atoms with Crippen molar-refractivity contribution in [2.24, 2.45) is 29.1 Å². The average molecular weight is 244 g/mol. The van der Waals surface area contributed by atoms with E-state index in [9.17, 15) is 0 Å². The van der Waals surface area contributed by atoms with Crippen LogP contribution in [-0.2, 0) is 9.47 Å². The third-order valence-electron chi connectivity index (χ3n) is 4.64. The minimum Gasteiger partial charge on any atom is -0.384 e. The van der Waals surface area contributed by atoms with Crippen molar-refractivity contribution in [3.63, 3.8) is 0 Å². The molecule has 2 nitrogen and oxygen atoms in total. The van der Waals surface area contributed by atoms with E-state index in [4.69, 9.17) is 9.47 Å². The molecule has 0 aliphatic heterocycles. The van der Waals surface area contributed by atoms with Gasteiger partial charge in [-0.15, -0.1) is 0 Å². The summed E-state index contributed by atoms with van der Waals surface area (Å²) in [7, 11) is 3.59. The Balaban J connectivity index is 5.24. The van der Waals surface area contributed by atoms with Crippen LogP contribution in [0.15, 0.2) is 0 Å². The lowest BCUT2D eigenvalue weighted by atomic mass is 9.62. The molecule has 17 heavy (non-hydrogen) atoms. The van der Waals surface area contributed by atoms with Gasteiger partial charge >= 0.3 is 0 Å². The van der Waals surface area contributed by atoms with Gasteiger partial charge in [0.1, 0.15) is 0 Å². The summed E-state index contributed by atoms with van der Waals surface area (Å²) in [6.45, 7) is 15.4. The zero-order valence-electron chi connectivity index (χ0n) is 13.0. The van der Waals surface area contributed by atoms with Crippen LogP contribution in [0.1, 0.15) is 41.5 Å². The second-order valence-corrected chi connectivity index (χ2v) is 6.16. The van der Waals surface area contributed by atoms with Crippen molar-refractivity contribution in [1.29, 1.82) is 0 Å². The van der Waals surface area contributed by atoms with Crippen molar-refractivity contribution in [3.05, 3.63) is 0 Å². The molecule has 0 aromatic heterocycles. The van der Waals surface area contributed by atoms with Crippen molar-refractivity contribution < 1.29 is 9.47 Å². The van der Waals surface area contributed by atoms with Gasteiger partial charge in [0.15, 0.2) is 0 Å². The predicted molar refractivity (Wildman–Crippen MR) is 74.2 cm³/mol. The molecule has 0 bridgehead atoms. The number of ether oxygens (including phenoxy) is 2. The van der Waals surface area contributed by atoms with Crippen molar-refractivity contribution in [3.8, 4) is 0 Å².